The fraction of sp³-hybridized carbons (Fsp3) is 0.688. The first-order chi connectivity index (χ1) is 10.8. The molecule has 0 aromatic carbocycles. The van der Waals surface area contributed by atoms with Crippen LogP contribution in [0.4, 0.5) is 5.82 Å². The topological polar surface area (TPSA) is 67.4 Å². The fourth-order valence-corrected chi connectivity index (χ4v) is 3.57. The van der Waals surface area contributed by atoms with Crippen molar-refractivity contribution < 1.29 is 9.53 Å². The molecular formula is C16H22N4O2. The first-order valence-electron chi connectivity index (χ1n) is 8.22. The van der Waals surface area contributed by atoms with E-state index in [1.54, 1.807) is 18.6 Å². The average Bonchev–Trinajstić information content (AvgIpc) is 3.24. The molecule has 1 N–H and O–H groups in total. The Morgan fingerprint density at radius 3 is 3.05 bits per heavy atom. The van der Waals surface area contributed by atoms with Crippen molar-refractivity contribution in [1.29, 1.82) is 0 Å². The molecule has 3 atom stereocenters. The SMILES string of the molecule is O=C(Nc1cnccn1)[C@@H]1C[C@H]2CCN(CC3CC3)C[C@@H]2O1. The van der Waals surface area contributed by atoms with E-state index in [0.29, 0.717) is 11.7 Å². The molecule has 2 saturated heterocycles. The van der Waals surface area contributed by atoms with Gasteiger partial charge >= 0.3 is 0 Å². The van der Waals surface area contributed by atoms with Gasteiger partial charge in [0.2, 0.25) is 0 Å². The Morgan fingerprint density at radius 1 is 1.36 bits per heavy atom. The van der Waals surface area contributed by atoms with Crippen molar-refractivity contribution in [3.63, 3.8) is 0 Å². The molecule has 3 heterocycles. The second kappa shape index (κ2) is 5.93. The molecule has 118 valence electrons. The van der Waals surface area contributed by atoms with E-state index < -0.39 is 0 Å². The second-order valence-electron chi connectivity index (χ2n) is 6.73. The fourth-order valence-electron chi connectivity index (χ4n) is 3.57. The van der Waals surface area contributed by atoms with Gasteiger partial charge in [0.1, 0.15) is 6.10 Å². The van der Waals surface area contributed by atoms with E-state index in [0.717, 1.165) is 31.8 Å². The van der Waals surface area contributed by atoms with E-state index in [4.69, 9.17) is 4.74 Å². The van der Waals surface area contributed by atoms with E-state index in [1.165, 1.54) is 19.4 Å². The molecule has 4 rings (SSSR count). The monoisotopic (exact) mass is 302 g/mol. The normalized spacial score (nSPS) is 31.7. The molecule has 0 unspecified atom stereocenters. The third kappa shape index (κ3) is 3.13. The minimum absolute atomic E-state index is 0.0938. The molecule has 1 aromatic heterocycles. The summed E-state index contributed by atoms with van der Waals surface area (Å²) in [6, 6.07) is 0. The van der Waals surface area contributed by atoms with E-state index in [2.05, 4.69) is 20.2 Å². The number of anilines is 1. The molecule has 1 amide bonds. The number of piperidine rings is 1. The zero-order valence-electron chi connectivity index (χ0n) is 12.6. The molecule has 3 fully saturated rings. The van der Waals surface area contributed by atoms with Crippen molar-refractivity contribution in [2.45, 2.75) is 37.9 Å². The molecule has 0 spiro atoms. The van der Waals surface area contributed by atoms with Crippen molar-refractivity contribution in [3.8, 4) is 0 Å². The molecule has 1 aromatic rings. The van der Waals surface area contributed by atoms with Gasteiger partial charge in [-0.3, -0.25) is 9.78 Å². The third-order valence-electron chi connectivity index (χ3n) is 4.96. The van der Waals surface area contributed by atoms with Gasteiger partial charge in [-0.25, -0.2) is 4.98 Å². The number of carbonyl (C=O) groups excluding carboxylic acids is 1. The number of rotatable bonds is 4. The van der Waals surface area contributed by atoms with Crippen LogP contribution >= 0.6 is 0 Å². The molecular weight excluding hydrogens is 280 g/mol. The summed E-state index contributed by atoms with van der Waals surface area (Å²) in [5, 5.41) is 2.80. The zero-order valence-corrected chi connectivity index (χ0v) is 12.6. The highest BCUT2D eigenvalue weighted by Crippen LogP contribution is 2.36. The summed E-state index contributed by atoms with van der Waals surface area (Å²) in [6.45, 7) is 3.35. The molecule has 6 nitrogen and oxygen atoms in total. The molecule has 0 bridgehead atoms. The molecule has 6 heteroatoms. The maximum Gasteiger partial charge on any atom is 0.254 e. The van der Waals surface area contributed by atoms with Crippen LogP contribution in [0.2, 0.25) is 0 Å². The first kappa shape index (κ1) is 14.1. The van der Waals surface area contributed by atoms with Crippen LogP contribution < -0.4 is 5.32 Å². The quantitative estimate of drug-likeness (QED) is 0.908. The maximum atomic E-state index is 12.3. The summed E-state index contributed by atoms with van der Waals surface area (Å²) >= 11 is 0. The van der Waals surface area contributed by atoms with Crippen molar-refractivity contribution in [2.24, 2.45) is 11.8 Å². The number of nitrogens with zero attached hydrogens (tertiary/aromatic N) is 3. The highest BCUT2D eigenvalue weighted by atomic mass is 16.5. The summed E-state index contributed by atoms with van der Waals surface area (Å²) in [5.74, 6) is 1.83. The first-order valence-corrected chi connectivity index (χ1v) is 8.22. The van der Waals surface area contributed by atoms with Crippen LogP contribution in [0.3, 0.4) is 0 Å². The lowest BCUT2D eigenvalue weighted by molar-refractivity contribution is -0.127. The summed E-state index contributed by atoms with van der Waals surface area (Å²) in [5.41, 5.74) is 0. The Bertz CT molecular complexity index is 534. The Kier molecular flexibility index (Phi) is 3.80. The largest absolute Gasteiger partial charge is 0.364 e. The van der Waals surface area contributed by atoms with Crippen LogP contribution in [-0.4, -0.2) is 52.6 Å². The lowest BCUT2D eigenvalue weighted by atomic mass is 9.91. The van der Waals surface area contributed by atoms with Crippen molar-refractivity contribution in [2.75, 3.05) is 25.0 Å². The Balaban J connectivity index is 1.32. The van der Waals surface area contributed by atoms with Gasteiger partial charge in [-0.2, -0.15) is 0 Å². The Labute approximate surface area is 130 Å². The molecule has 22 heavy (non-hydrogen) atoms. The predicted octanol–water partition coefficient (Wildman–Crippen LogP) is 1.30. The van der Waals surface area contributed by atoms with Gasteiger partial charge in [-0.1, -0.05) is 0 Å². The summed E-state index contributed by atoms with van der Waals surface area (Å²) in [4.78, 5) is 22.9. The van der Waals surface area contributed by atoms with Crippen molar-refractivity contribution >= 4 is 11.7 Å². The van der Waals surface area contributed by atoms with Gasteiger partial charge in [0.15, 0.2) is 5.82 Å². The smallest absolute Gasteiger partial charge is 0.254 e. The van der Waals surface area contributed by atoms with Gasteiger partial charge in [-0.05, 0) is 44.1 Å². The summed E-state index contributed by atoms with van der Waals surface area (Å²) < 4.78 is 6.03. The second-order valence-corrected chi connectivity index (χ2v) is 6.73. The Hall–Kier alpha value is -1.53. The van der Waals surface area contributed by atoms with E-state index in [9.17, 15) is 4.79 Å². The van der Waals surface area contributed by atoms with Gasteiger partial charge in [0.25, 0.3) is 5.91 Å². The molecule has 0 radical (unpaired) electrons. The third-order valence-corrected chi connectivity index (χ3v) is 4.96. The summed E-state index contributed by atoms with van der Waals surface area (Å²) in [6.07, 6.45) is 9.31. The summed E-state index contributed by atoms with van der Waals surface area (Å²) in [7, 11) is 0. The molecule has 1 aliphatic carbocycles. The predicted molar refractivity (Wildman–Crippen MR) is 81.2 cm³/mol. The number of amides is 1. The van der Waals surface area contributed by atoms with Crippen molar-refractivity contribution in [3.05, 3.63) is 18.6 Å². The number of hydrogen-bond donors (Lipinski definition) is 1. The number of likely N-dealkylation sites (tertiary alicyclic amines) is 1. The number of fused-ring (bicyclic) bond motifs is 1. The lowest BCUT2D eigenvalue weighted by Gasteiger charge is -2.34. The van der Waals surface area contributed by atoms with E-state index in [1.807, 2.05) is 0 Å². The van der Waals surface area contributed by atoms with Crippen LogP contribution in [0, 0.1) is 11.8 Å². The number of ether oxygens (including phenoxy) is 1. The van der Waals surface area contributed by atoms with Crippen LogP contribution in [0.1, 0.15) is 25.7 Å². The minimum Gasteiger partial charge on any atom is -0.364 e. The van der Waals surface area contributed by atoms with Crippen LogP contribution in [-0.2, 0) is 9.53 Å². The average molecular weight is 302 g/mol. The number of carbonyl (C=O) groups is 1. The maximum absolute atomic E-state index is 12.3. The standard InChI is InChI=1S/C16H22N4O2/c21-16(19-15-8-17-4-5-18-15)13-7-12-3-6-20(9-11-1-2-11)10-14(12)22-13/h4-5,8,11-14H,1-3,6-7,9-10H2,(H,18,19,21)/t12-,13+,14+/m1/s1. The lowest BCUT2D eigenvalue weighted by Crippen LogP contribution is -2.43. The number of nitrogens with one attached hydrogen (secondary N) is 1. The highest BCUT2D eigenvalue weighted by molar-refractivity contribution is 5.93. The zero-order chi connectivity index (χ0) is 14.9. The van der Waals surface area contributed by atoms with E-state index >= 15 is 0 Å². The van der Waals surface area contributed by atoms with Gasteiger partial charge in [0.05, 0.1) is 12.3 Å². The van der Waals surface area contributed by atoms with Crippen molar-refractivity contribution in [1.82, 2.24) is 14.9 Å². The van der Waals surface area contributed by atoms with E-state index in [-0.39, 0.29) is 18.1 Å². The van der Waals surface area contributed by atoms with Crippen LogP contribution in [0.15, 0.2) is 18.6 Å². The minimum atomic E-state index is -0.349. The Morgan fingerprint density at radius 2 is 2.27 bits per heavy atom. The van der Waals surface area contributed by atoms with Crippen LogP contribution in [0.25, 0.3) is 0 Å². The molecule has 2 aliphatic heterocycles. The number of aromatic nitrogens is 2. The number of hydrogen-bond acceptors (Lipinski definition) is 5. The highest BCUT2D eigenvalue weighted by Gasteiger charge is 2.42. The van der Waals surface area contributed by atoms with Gasteiger partial charge in [0, 0.05) is 25.5 Å². The molecule has 1 saturated carbocycles. The van der Waals surface area contributed by atoms with Gasteiger partial charge < -0.3 is 15.0 Å². The van der Waals surface area contributed by atoms with Gasteiger partial charge in [-0.15, -0.1) is 0 Å². The molecule has 3 aliphatic rings. The van der Waals surface area contributed by atoms with Crippen LogP contribution in [0.5, 0.6) is 0 Å².